The molecule has 1 N–H and O–H groups in total. The monoisotopic (exact) mass is 561 g/mol. The van der Waals surface area contributed by atoms with Crippen LogP contribution in [0.4, 0.5) is 11.4 Å². The van der Waals surface area contributed by atoms with Crippen molar-refractivity contribution in [3.63, 3.8) is 0 Å². The van der Waals surface area contributed by atoms with E-state index in [0.29, 0.717) is 13.0 Å². The highest BCUT2D eigenvalue weighted by atomic mass is 16.1. The molecule has 0 saturated carbocycles. The van der Waals surface area contributed by atoms with Gasteiger partial charge in [-0.25, -0.2) is 4.99 Å². The molecular weight excluding hydrogens is 518 g/mol. The molecule has 4 aromatic rings. The van der Waals surface area contributed by atoms with Crippen LogP contribution >= 0.6 is 0 Å². The zero-order chi connectivity index (χ0) is 29.3. The second kappa shape index (κ2) is 14.1. The van der Waals surface area contributed by atoms with E-state index < -0.39 is 0 Å². The maximum atomic E-state index is 13.5. The molecule has 0 aliphatic carbocycles. The van der Waals surface area contributed by atoms with Crippen molar-refractivity contribution < 1.29 is 4.79 Å². The summed E-state index contributed by atoms with van der Waals surface area (Å²) in [6.07, 6.45) is 5.05. The number of para-hydroxylation sites is 1. The van der Waals surface area contributed by atoms with Gasteiger partial charge in [0.05, 0.1) is 18.2 Å². The zero-order valence-electron chi connectivity index (χ0n) is 25.2. The normalized spacial score (nSPS) is 14.5. The largest absolute Gasteiger partial charge is 0.352 e. The van der Waals surface area contributed by atoms with Crippen LogP contribution in [-0.4, -0.2) is 55.9 Å². The predicted molar refractivity (Wildman–Crippen MR) is 175 cm³/mol. The van der Waals surface area contributed by atoms with Gasteiger partial charge in [0.25, 0.3) is 0 Å². The highest BCUT2D eigenvalue weighted by Gasteiger charge is 2.34. The Morgan fingerprint density at radius 1 is 0.786 bits per heavy atom. The number of anilines is 1. The van der Waals surface area contributed by atoms with E-state index in [1.165, 1.54) is 30.0 Å². The Hall–Kier alpha value is -4.16. The number of rotatable bonds is 12. The molecule has 0 bridgehead atoms. The zero-order valence-corrected chi connectivity index (χ0v) is 25.2. The van der Waals surface area contributed by atoms with Crippen LogP contribution in [0, 0.1) is 0 Å². The fourth-order valence-corrected chi connectivity index (χ4v) is 5.68. The Kier molecular flexibility index (Phi) is 9.88. The van der Waals surface area contributed by atoms with Crippen LogP contribution < -0.4 is 10.2 Å². The number of benzene rings is 4. The number of amides is 1. The minimum atomic E-state index is -0.187. The summed E-state index contributed by atoms with van der Waals surface area (Å²) in [4.78, 5) is 25.5. The third kappa shape index (κ3) is 7.37. The summed E-state index contributed by atoms with van der Waals surface area (Å²) in [6, 6.07) is 33.1. The first-order chi connectivity index (χ1) is 20.5. The number of nitrogens with one attached hydrogen (secondary N) is 1. The first-order valence-electron chi connectivity index (χ1n) is 15.1. The van der Waals surface area contributed by atoms with Crippen molar-refractivity contribution in [2.45, 2.75) is 44.7 Å². The van der Waals surface area contributed by atoms with Crippen LogP contribution in [0.25, 0.3) is 10.8 Å². The minimum Gasteiger partial charge on any atom is -0.352 e. The Labute approximate surface area is 250 Å². The molecule has 1 aliphatic rings. The van der Waals surface area contributed by atoms with Gasteiger partial charge < -0.3 is 20.0 Å². The molecule has 4 aromatic carbocycles. The molecule has 0 spiro atoms. The number of aliphatic imine (C=N–C) groups is 1. The molecule has 0 fully saturated rings. The molecule has 0 aromatic heterocycles. The van der Waals surface area contributed by atoms with Crippen LogP contribution in [0.2, 0.25) is 0 Å². The molecule has 1 aliphatic heterocycles. The maximum Gasteiger partial charge on any atom is 0.222 e. The summed E-state index contributed by atoms with van der Waals surface area (Å²) in [5.74, 6) is 0.910. The van der Waals surface area contributed by atoms with E-state index in [4.69, 9.17) is 4.99 Å². The summed E-state index contributed by atoms with van der Waals surface area (Å²) in [5, 5.41) is 5.53. The lowest BCUT2D eigenvalue weighted by atomic mass is 9.96. The van der Waals surface area contributed by atoms with Gasteiger partial charge in [-0.1, -0.05) is 91.7 Å². The lowest BCUT2D eigenvalue weighted by molar-refractivity contribution is -0.121. The highest BCUT2D eigenvalue weighted by molar-refractivity contribution is 6.02. The number of hydrogen-bond donors (Lipinski definition) is 1. The molecule has 0 saturated heterocycles. The molecule has 1 amide bonds. The summed E-state index contributed by atoms with van der Waals surface area (Å²) in [5.41, 5.74) is 4.14. The minimum absolute atomic E-state index is 0.0224. The first kappa shape index (κ1) is 29.3. The fourth-order valence-electron chi connectivity index (χ4n) is 5.68. The second-order valence-corrected chi connectivity index (χ2v) is 11.5. The van der Waals surface area contributed by atoms with Gasteiger partial charge in [0.15, 0.2) is 0 Å². The van der Waals surface area contributed by atoms with Crippen molar-refractivity contribution in [1.82, 2.24) is 15.1 Å². The summed E-state index contributed by atoms with van der Waals surface area (Å²) >= 11 is 0. The predicted octanol–water partition coefficient (Wildman–Crippen LogP) is 7.15. The molecule has 6 nitrogen and oxygen atoms in total. The number of carbonyl (C=O) groups is 1. The summed E-state index contributed by atoms with van der Waals surface area (Å²) in [7, 11) is 6.40. The van der Waals surface area contributed by atoms with Crippen LogP contribution in [0.5, 0.6) is 0 Å². The van der Waals surface area contributed by atoms with E-state index in [0.717, 1.165) is 48.0 Å². The Bertz CT molecular complexity index is 1500. The molecule has 6 heteroatoms. The summed E-state index contributed by atoms with van der Waals surface area (Å²) in [6.45, 7) is 2.54. The first-order valence-corrected chi connectivity index (χ1v) is 15.1. The van der Waals surface area contributed by atoms with E-state index >= 15 is 0 Å². The smallest absolute Gasteiger partial charge is 0.222 e. The van der Waals surface area contributed by atoms with Crippen molar-refractivity contribution >= 4 is 34.0 Å². The second-order valence-electron chi connectivity index (χ2n) is 11.5. The number of fused-ring (bicyclic) bond motifs is 2. The third-order valence-electron chi connectivity index (χ3n) is 7.96. The molecule has 1 unspecified atom stereocenters. The lowest BCUT2D eigenvalue weighted by Crippen LogP contribution is -2.47. The van der Waals surface area contributed by atoms with E-state index in [1.807, 2.05) is 42.5 Å². The van der Waals surface area contributed by atoms with Crippen molar-refractivity contribution in [3.05, 3.63) is 108 Å². The fraction of sp³-hybridized carbons (Fsp3) is 0.333. The molecule has 5 rings (SSSR count). The Balaban J connectivity index is 1.43. The van der Waals surface area contributed by atoms with Gasteiger partial charge in [0.1, 0.15) is 0 Å². The SMILES string of the molecule is CN(C)CCCCCCN(C)C1=Nc2ccccc2C(CC(=O)NCc2ccccc2)N1c1ccc2ccccc2c1. The maximum absolute atomic E-state index is 13.5. The van der Waals surface area contributed by atoms with Gasteiger partial charge in [0, 0.05) is 31.4 Å². The van der Waals surface area contributed by atoms with Crippen molar-refractivity contribution in [2.75, 3.05) is 39.1 Å². The topological polar surface area (TPSA) is 51.2 Å². The summed E-state index contributed by atoms with van der Waals surface area (Å²) < 4.78 is 0. The average molecular weight is 562 g/mol. The number of hydrogen-bond acceptors (Lipinski definition) is 5. The molecule has 1 atom stereocenters. The number of guanidine groups is 1. The lowest BCUT2D eigenvalue weighted by Gasteiger charge is -2.41. The van der Waals surface area contributed by atoms with E-state index in [1.54, 1.807) is 0 Å². The molecule has 42 heavy (non-hydrogen) atoms. The Morgan fingerprint density at radius 3 is 2.26 bits per heavy atom. The van der Waals surface area contributed by atoms with Crippen LogP contribution in [-0.2, 0) is 11.3 Å². The van der Waals surface area contributed by atoms with E-state index in [-0.39, 0.29) is 11.9 Å². The van der Waals surface area contributed by atoms with E-state index in [2.05, 4.69) is 95.8 Å². The number of nitrogens with zero attached hydrogens (tertiary/aromatic N) is 4. The highest BCUT2D eigenvalue weighted by Crippen LogP contribution is 2.41. The van der Waals surface area contributed by atoms with Crippen molar-refractivity contribution in [2.24, 2.45) is 4.99 Å². The third-order valence-corrected chi connectivity index (χ3v) is 7.96. The van der Waals surface area contributed by atoms with Crippen molar-refractivity contribution in [1.29, 1.82) is 0 Å². The van der Waals surface area contributed by atoms with Gasteiger partial charge >= 0.3 is 0 Å². The number of carbonyl (C=O) groups excluding carboxylic acids is 1. The van der Waals surface area contributed by atoms with Crippen LogP contribution in [0.1, 0.15) is 49.3 Å². The average Bonchev–Trinajstić information content (AvgIpc) is 3.01. The van der Waals surface area contributed by atoms with Gasteiger partial charge in [-0.3, -0.25) is 4.79 Å². The molecule has 0 radical (unpaired) electrons. The van der Waals surface area contributed by atoms with Gasteiger partial charge in [-0.2, -0.15) is 0 Å². The molecule has 218 valence electrons. The quantitative estimate of drug-likeness (QED) is 0.187. The van der Waals surface area contributed by atoms with Gasteiger partial charge in [-0.15, -0.1) is 0 Å². The van der Waals surface area contributed by atoms with Gasteiger partial charge in [-0.05, 0) is 68.0 Å². The Morgan fingerprint density at radius 2 is 1.48 bits per heavy atom. The number of unbranched alkanes of at least 4 members (excludes halogenated alkanes) is 3. The molecule has 1 heterocycles. The standard InChI is InChI=1S/C36H43N5O/c1-39(2)23-13-4-5-14-24-40(3)36-38-33-20-12-11-19-32(33)34(26-35(42)37-27-28-15-7-6-8-16-28)41(36)31-22-21-29-17-9-10-18-30(29)25-31/h6-12,15-22,25,34H,4-5,13-14,23-24,26-27H2,1-3H3,(H,37,42). The van der Waals surface area contributed by atoms with Crippen LogP contribution in [0.15, 0.2) is 102 Å². The van der Waals surface area contributed by atoms with Crippen LogP contribution in [0.3, 0.4) is 0 Å². The van der Waals surface area contributed by atoms with Gasteiger partial charge in [0.2, 0.25) is 11.9 Å². The molecular formula is C36H43N5O. The van der Waals surface area contributed by atoms with E-state index in [9.17, 15) is 4.79 Å². The van der Waals surface area contributed by atoms with Crippen molar-refractivity contribution in [3.8, 4) is 0 Å².